The Hall–Kier alpha value is -1.99. The molecule has 0 aliphatic rings. The van der Waals surface area contributed by atoms with Gasteiger partial charge in [-0.25, -0.2) is 5.84 Å². The van der Waals surface area contributed by atoms with Gasteiger partial charge in [0, 0.05) is 6.54 Å². The quantitative estimate of drug-likeness (QED) is 0.549. The predicted octanol–water partition coefficient (Wildman–Crippen LogP) is 0.754. The van der Waals surface area contributed by atoms with Gasteiger partial charge in [-0.05, 0) is 34.5 Å². The Balaban J connectivity index is 1.95. The summed E-state index contributed by atoms with van der Waals surface area (Å²) >= 11 is 1.59. The van der Waals surface area contributed by atoms with Crippen molar-refractivity contribution in [1.29, 1.82) is 0 Å². The highest BCUT2D eigenvalue weighted by Crippen LogP contribution is 2.05. The Kier molecular flexibility index (Phi) is 3.63. The third kappa shape index (κ3) is 2.99. The van der Waals surface area contributed by atoms with E-state index in [1.165, 1.54) is 0 Å². The smallest absolute Gasteiger partial charge is 0.272 e. The van der Waals surface area contributed by atoms with Gasteiger partial charge in [0.1, 0.15) is 0 Å². The van der Waals surface area contributed by atoms with Gasteiger partial charge < -0.3 is 10.7 Å². The number of nitrogen functional groups attached to an aromatic ring is 1. The normalized spacial score (nSPS) is 9.94. The molecule has 2 aromatic heterocycles. The van der Waals surface area contributed by atoms with E-state index in [0.29, 0.717) is 12.4 Å². The van der Waals surface area contributed by atoms with Crippen molar-refractivity contribution < 1.29 is 4.79 Å². The molecule has 0 unspecified atom stereocenters. The van der Waals surface area contributed by atoms with Gasteiger partial charge in [0.25, 0.3) is 5.91 Å². The molecule has 0 spiro atoms. The molecule has 17 heavy (non-hydrogen) atoms. The second-order valence-corrected chi connectivity index (χ2v) is 4.04. The van der Waals surface area contributed by atoms with Crippen LogP contribution >= 0.6 is 11.3 Å². The highest BCUT2D eigenvalue weighted by Gasteiger charge is 2.07. The number of rotatable bonds is 4. The first-order chi connectivity index (χ1) is 8.29. The number of nitrogens with one attached hydrogen (secondary N) is 2. The maximum Gasteiger partial charge on any atom is 0.272 e. The highest BCUT2D eigenvalue weighted by atomic mass is 32.1. The van der Waals surface area contributed by atoms with Gasteiger partial charge >= 0.3 is 0 Å². The van der Waals surface area contributed by atoms with Crippen LogP contribution < -0.4 is 16.6 Å². The summed E-state index contributed by atoms with van der Waals surface area (Å²) in [6, 6.07) is 5.11. The van der Waals surface area contributed by atoms with E-state index in [2.05, 4.69) is 20.9 Å². The Bertz CT molecular complexity index is 482. The van der Waals surface area contributed by atoms with Crippen molar-refractivity contribution >= 4 is 23.1 Å². The monoisotopic (exact) mass is 249 g/mol. The number of carbonyl (C=O) groups is 1. The number of nitrogens with two attached hydrogens (primary N) is 1. The molecular formula is C10H11N5OS. The van der Waals surface area contributed by atoms with Gasteiger partial charge in [-0.2, -0.15) is 11.3 Å². The van der Waals surface area contributed by atoms with Crippen LogP contribution in [0.4, 0.5) is 5.82 Å². The Morgan fingerprint density at radius 2 is 2.24 bits per heavy atom. The molecule has 2 rings (SSSR count). The molecule has 7 heteroatoms. The van der Waals surface area contributed by atoms with Crippen molar-refractivity contribution in [3.05, 3.63) is 40.2 Å². The van der Waals surface area contributed by atoms with Crippen LogP contribution in [-0.4, -0.2) is 16.1 Å². The molecule has 4 N–H and O–H groups in total. The van der Waals surface area contributed by atoms with Crippen LogP contribution in [0, 0.1) is 0 Å². The molecule has 0 atom stereocenters. The van der Waals surface area contributed by atoms with E-state index in [4.69, 9.17) is 5.84 Å². The second-order valence-electron chi connectivity index (χ2n) is 3.26. The molecule has 88 valence electrons. The van der Waals surface area contributed by atoms with E-state index in [1.807, 2.05) is 16.8 Å². The SMILES string of the molecule is NNc1ccc(C(=O)NCc2ccsc2)nn1. The average molecular weight is 249 g/mol. The topological polar surface area (TPSA) is 92.9 Å². The summed E-state index contributed by atoms with van der Waals surface area (Å²) in [6.07, 6.45) is 0. The molecule has 0 saturated heterocycles. The predicted molar refractivity (Wildman–Crippen MR) is 65.3 cm³/mol. The van der Waals surface area contributed by atoms with Crippen LogP contribution in [0.2, 0.25) is 0 Å². The number of carbonyl (C=O) groups excluding carboxylic acids is 1. The van der Waals surface area contributed by atoms with E-state index in [9.17, 15) is 4.79 Å². The summed E-state index contributed by atoms with van der Waals surface area (Å²) in [5.41, 5.74) is 3.67. The second kappa shape index (κ2) is 5.37. The molecule has 0 aliphatic carbocycles. The van der Waals surface area contributed by atoms with Crippen LogP contribution in [-0.2, 0) is 6.54 Å². The first-order valence-electron chi connectivity index (χ1n) is 4.89. The molecule has 6 nitrogen and oxygen atoms in total. The standard InChI is InChI=1S/C10H11N5OS/c11-13-9-2-1-8(14-15-9)10(16)12-5-7-3-4-17-6-7/h1-4,6H,5,11H2,(H,12,16)(H,13,15). The Labute approximate surface area is 102 Å². The van der Waals surface area contributed by atoms with Crippen LogP contribution in [0.5, 0.6) is 0 Å². The lowest BCUT2D eigenvalue weighted by molar-refractivity contribution is 0.0945. The number of aromatic nitrogens is 2. The van der Waals surface area contributed by atoms with Gasteiger partial charge in [-0.1, -0.05) is 0 Å². The molecule has 0 aromatic carbocycles. The summed E-state index contributed by atoms with van der Waals surface area (Å²) in [5.74, 6) is 5.31. The van der Waals surface area contributed by atoms with Gasteiger partial charge in [-0.15, -0.1) is 10.2 Å². The molecule has 0 fully saturated rings. The van der Waals surface area contributed by atoms with E-state index in [-0.39, 0.29) is 11.6 Å². The molecule has 0 saturated carbocycles. The maximum absolute atomic E-state index is 11.7. The first-order valence-corrected chi connectivity index (χ1v) is 5.83. The summed E-state index contributed by atoms with van der Waals surface area (Å²) < 4.78 is 0. The summed E-state index contributed by atoms with van der Waals surface area (Å²) in [5, 5.41) is 14.2. The lowest BCUT2D eigenvalue weighted by atomic mass is 10.3. The van der Waals surface area contributed by atoms with Crippen LogP contribution in [0.3, 0.4) is 0 Å². The zero-order valence-electron chi connectivity index (χ0n) is 8.88. The fourth-order valence-corrected chi connectivity index (χ4v) is 1.87. The fraction of sp³-hybridized carbons (Fsp3) is 0.100. The molecule has 2 heterocycles. The van der Waals surface area contributed by atoms with Crippen molar-refractivity contribution in [1.82, 2.24) is 15.5 Å². The number of nitrogens with zero attached hydrogens (tertiary/aromatic N) is 2. The number of anilines is 1. The molecule has 1 amide bonds. The molecule has 2 aromatic rings. The Morgan fingerprint density at radius 1 is 1.35 bits per heavy atom. The Morgan fingerprint density at radius 3 is 2.82 bits per heavy atom. The summed E-state index contributed by atoms with van der Waals surface area (Å²) in [6.45, 7) is 0.487. The summed E-state index contributed by atoms with van der Waals surface area (Å²) in [7, 11) is 0. The van der Waals surface area contributed by atoms with Crippen molar-refractivity contribution in [3.63, 3.8) is 0 Å². The van der Waals surface area contributed by atoms with Crippen molar-refractivity contribution in [3.8, 4) is 0 Å². The van der Waals surface area contributed by atoms with E-state index in [1.54, 1.807) is 23.5 Å². The minimum absolute atomic E-state index is 0.257. The minimum Gasteiger partial charge on any atom is -0.347 e. The average Bonchev–Trinajstić information content (AvgIpc) is 2.89. The van der Waals surface area contributed by atoms with Crippen molar-refractivity contribution in [2.24, 2.45) is 5.84 Å². The fourth-order valence-electron chi connectivity index (χ4n) is 1.20. The van der Waals surface area contributed by atoms with Crippen LogP contribution in [0.1, 0.15) is 16.1 Å². The molecular weight excluding hydrogens is 238 g/mol. The third-order valence-corrected chi connectivity index (χ3v) is 2.81. The summed E-state index contributed by atoms with van der Waals surface area (Å²) in [4.78, 5) is 11.7. The maximum atomic E-state index is 11.7. The van der Waals surface area contributed by atoms with E-state index in [0.717, 1.165) is 5.56 Å². The van der Waals surface area contributed by atoms with E-state index < -0.39 is 0 Å². The number of thiophene rings is 1. The number of hydrazine groups is 1. The zero-order chi connectivity index (χ0) is 12.1. The zero-order valence-corrected chi connectivity index (χ0v) is 9.70. The van der Waals surface area contributed by atoms with Crippen molar-refractivity contribution in [2.75, 3.05) is 5.43 Å². The van der Waals surface area contributed by atoms with Gasteiger partial charge in [0.2, 0.25) is 0 Å². The first kappa shape index (κ1) is 11.5. The third-order valence-electron chi connectivity index (χ3n) is 2.08. The highest BCUT2D eigenvalue weighted by molar-refractivity contribution is 7.07. The van der Waals surface area contributed by atoms with Crippen LogP contribution in [0.25, 0.3) is 0 Å². The lowest BCUT2D eigenvalue weighted by Gasteiger charge is -2.03. The number of hydrogen-bond acceptors (Lipinski definition) is 6. The largest absolute Gasteiger partial charge is 0.347 e. The molecule has 0 bridgehead atoms. The van der Waals surface area contributed by atoms with E-state index >= 15 is 0 Å². The van der Waals surface area contributed by atoms with Gasteiger partial charge in [-0.3, -0.25) is 4.79 Å². The minimum atomic E-state index is -0.257. The van der Waals surface area contributed by atoms with Gasteiger partial charge in [0.15, 0.2) is 11.5 Å². The van der Waals surface area contributed by atoms with Gasteiger partial charge in [0.05, 0.1) is 0 Å². The molecule has 0 radical (unpaired) electrons. The number of amides is 1. The van der Waals surface area contributed by atoms with Crippen LogP contribution in [0.15, 0.2) is 29.0 Å². The lowest BCUT2D eigenvalue weighted by Crippen LogP contribution is -2.24. The molecule has 0 aliphatic heterocycles. The van der Waals surface area contributed by atoms with Crippen molar-refractivity contribution in [2.45, 2.75) is 6.54 Å². The number of hydrogen-bond donors (Lipinski definition) is 3.